The van der Waals surface area contributed by atoms with E-state index in [0.29, 0.717) is 12.1 Å². The van der Waals surface area contributed by atoms with Crippen LogP contribution in [0.15, 0.2) is 17.0 Å². The first-order valence-corrected chi connectivity index (χ1v) is 6.57. The highest BCUT2D eigenvalue weighted by atomic mass is 32.2. The third-order valence-corrected chi connectivity index (χ3v) is 3.78. The van der Waals surface area contributed by atoms with Crippen molar-refractivity contribution in [2.45, 2.75) is 24.3 Å². The van der Waals surface area contributed by atoms with Crippen LogP contribution in [-0.4, -0.2) is 25.5 Å². The molecule has 1 rings (SSSR count). The smallest absolute Gasteiger partial charge is 0.321 e. The SMILES string of the molecule is CCC(NS(=O)(=O)c1ccc(F)c(F)c1F)C(=O)O. The molecular formula is C10H10F3NO4S. The Bertz CT molecular complexity index is 603. The highest BCUT2D eigenvalue weighted by molar-refractivity contribution is 7.89. The minimum atomic E-state index is -4.60. The van der Waals surface area contributed by atoms with Gasteiger partial charge in [-0.2, -0.15) is 4.72 Å². The first kappa shape index (κ1) is 15.4. The fourth-order valence-corrected chi connectivity index (χ4v) is 2.62. The molecule has 9 heteroatoms. The molecule has 19 heavy (non-hydrogen) atoms. The number of benzene rings is 1. The monoisotopic (exact) mass is 297 g/mol. The number of rotatable bonds is 5. The Hall–Kier alpha value is -1.61. The molecule has 0 spiro atoms. The summed E-state index contributed by atoms with van der Waals surface area (Å²) in [7, 11) is -4.60. The maximum atomic E-state index is 13.3. The molecule has 0 bridgehead atoms. The summed E-state index contributed by atoms with van der Waals surface area (Å²) in [6.45, 7) is 1.39. The number of halogens is 3. The molecule has 0 aliphatic carbocycles. The minimum absolute atomic E-state index is 0.0974. The van der Waals surface area contributed by atoms with Crippen molar-refractivity contribution in [3.63, 3.8) is 0 Å². The number of carboxylic acids is 1. The zero-order valence-corrected chi connectivity index (χ0v) is 10.5. The first-order chi connectivity index (χ1) is 8.70. The van der Waals surface area contributed by atoms with Crippen molar-refractivity contribution in [1.29, 1.82) is 0 Å². The predicted octanol–water partition coefficient (Wildman–Crippen LogP) is 1.25. The maximum Gasteiger partial charge on any atom is 0.321 e. The van der Waals surface area contributed by atoms with Crippen LogP contribution in [-0.2, 0) is 14.8 Å². The summed E-state index contributed by atoms with van der Waals surface area (Å²) < 4.78 is 64.0. The number of carboxylic acid groups (broad SMARTS) is 1. The van der Waals surface area contributed by atoms with E-state index in [1.165, 1.54) is 6.92 Å². The summed E-state index contributed by atoms with van der Waals surface area (Å²) in [6, 6.07) is -0.531. The Kier molecular flexibility index (Phi) is 4.53. The van der Waals surface area contributed by atoms with Gasteiger partial charge in [-0.3, -0.25) is 4.79 Å². The molecule has 0 radical (unpaired) electrons. The van der Waals surface area contributed by atoms with E-state index >= 15 is 0 Å². The Morgan fingerprint density at radius 3 is 2.37 bits per heavy atom. The van der Waals surface area contributed by atoms with Crippen LogP contribution in [0.1, 0.15) is 13.3 Å². The molecule has 5 nitrogen and oxygen atoms in total. The lowest BCUT2D eigenvalue weighted by Gasteiger charge is -2.13. The predicted molar refractivity (Wildman–Crippen MR) is 58.4 cm³/mol. The van der Waals surface area contributed by atoms with Crippen molar-refractivity contribution in [1.82, 2.24) is 4.72 Å². The first-order valence-electron chi connectivity index (χ1n) is 5.09. The van der Waals surface area contributed by atoms with Gasteiger partial charge in [-0.05, 0) is 18.6 Å². The van der Waals surface area contributed by atoms with Gasteiger partial charge in [-0.25, -0.2) is 21.6 Å². The highest BCUT2D eigenvalue weighted by Gasteiger charge is 2.28. The van der Waals surface area contributed by atoms with E-state index in [1.54, 1.807) is 4.72 Å². The topological polar surface area (TPSA) is 83.5 Å². The van der Waals surface area contributed by atoms with E-state index in [1.807, 2.05) is 0 Å². The molecule has 1 aromatic carbocycles. The number of hydrogen-bond acceptors (Lipinski definition) is 3. The van der Waals surface area contributed by atoms with Gasteiger partial charge < -0.3 is 5.11 Å². The molecule has 0 aromatic heterocycles. The van der Waals surface area contributed by atoms with E-state index in [9.17, 15) is 26.4 Å². The van der Waals surface area contributed by atoms with Gasteiger partial charge in [0.2, 0.25) is 10.0 Å². The second-order valence-corrected chi connectivity index (χ2v) is 5.28. The number of hydrogen-bond donors (Lipinski definition) is 2. The lowest BCUT2D eigenvalue weighted by molar-refractivity contribution is -0.139. The number of aliphatic carboxylic acids is 1. The van der Waals surface area contributed by atoms with Gasteiger partial charge in [-0.15, -0.1) is 0 Å². The Morgan fingerprint density at radius 2 is 1.89 bits per heavy atom. The van der Waals surface area contributed by atoms with Crippen molar-refractivity contribution in [2.24, 2.45) is 0 Å². The van der Waals surface area contributed by atoms with Crippen molar-refractivity contribution in [3.05, 3.63) is 29.6 Å². The molecule has 0 aliphatic heterocycles. The van der Waals surface area contributed by atoms with Gasteiger partial charge in [0.25, 0.3) is 0 Å². The van der Waals surface area contributed by atoms with E-state index in [-0.39, 0.29) is 6.42 Å². The molecule has 2 N–H and O–H groups in total. The van der Waals surface area contributed by atoms with Crippen LogP contribution in [0.2, 0.25) is 0 Å². The van der Waals surface area contributed by atoms with Gasteiger partial charge >= 0.3 is 5.97 Å². The fourth-order valence-electron chi connectivity index (χ4n) is 1.27. The van der Waals surface area contributed by atoms with Crippen molar-refractivity contribution < 1.29 is 31.5 Å². The minimum Gasteiger partial charge on any atom is -0.480 e. The van der Waals surface area contributed by atoms with Gasteiger partial charge in [0.1, 0.15) is 10.9 Å². The molecule has 1 atom stereocenters. The molecule has 0 aliphatic rings. The molecule has 0 saturated carbocycles. The summed E-state index contributed by atoms with van der Waals surface area (Å²) in [5.41, 5.74) is 0. The summed E-state index contributed by atoms with van der Waals surface area (Å²) in [4.78, 5) is 9.54. The third-order valence-electron chi connectivity index (χ3n) is 2.29. The summed E-state index contributed by atoms with van der Waals surface area (Å²) in [5, 5.41) is 8.70. The molecule has 0 fully saturated rings. The van der Waals surface area contributed by atoms with E-state index < -0.39 is 44.4 Å². The van der Waals surface area contributed by atoms with Crippen molar-refractivity contribution in [2.75, 3.05) is 0 Å². The van der Waals surface area contributed by atoms with Crippen LogP contribution in [0.25, 0.3) is 0 Å². The zero-order chi connectivity index (χ0) is 14.8. The van der Waals surface area contributed by atoms with Gasteiger partial charge in [0.15, 0.2) is 17.5 Å². The van der Waals surface area contributed by atoms with Gasteiger partial charge in [0, 0.05) is 0 Å². The zero-order valence-electron chi connectivity index (χ0n) is 9.65. The number of carbonyl (C=O) groups is 1. The summed E-state index contributed by atoms with van der Waals surface area (Å²) in [6.07, 6.45) is -0.0974. The normalized spacial score (nSPS) is 13.3. The van der Waals surface area contributed by atoms with Crippen molar-refractivity contribution in [3.8, 4) is 0 Å². The van der Waals surface area contributed by atoms with Crippen LogP contribution < -0.4 is 4.72 Å². The van der Waals surface area contributed by atoms with Crippen LogP contribution in [0.3, 0.4) is 0 Å². The Morgan fingerprint density at radius 1 is 1.32 bits per heavy atom. The van der Waals surface area contributed by atoms with Crippen LogP contribution >= 0.6 is 0 Å². The van der Waals surface area contributed by atoms with Gasteiger partial charge in [0.05, 0.1) is 0 Å². The lowest BCUT2D eigenvalue weighted by atomic mass is 10.2. The molecule has 0 saturated heterocycles. The second kappa shape index (κ2) is 5.57. The number of nitrogens with one attached hydrogen (secondary N) is 1. The standard InChI is InChI=1S/C10H10F3NO4S/c1-2-6(10(15)16)14-19(17,18)7-4-3-5(11)8(12)9(7)13/h3-4,6,14H,2H2,1H3,(H,15,16). The Balaban J connectivity index is 3.22. The largest absolute Gasteiger partial charge is 0.480 e. The van der Waals surface area contributed by atoms with Gasteiger partial charge in [-0.1, -0.05) is 6.92 Å². The van der Waals surface area contributed by atoms with Crippen LogP contribution in [0.5, 0.6) is 0 Å². The molecule has 1 unspecified atom stereocenters. The van der Waals surface area contributed by atoms with E-state index in [0.717, 1.165) is 0 Å². The van der Waals surface area contributed by atoms with Crippen LogP contribution in [0, 0.1) is 17.5 Å². The van der Waals surface area contributed by atoms with E-state index in [4.69, 9.17) is 5.11 Å². The quantitative estimate of drug-likeness (QED) is 0.801. The molecule has 106 valence electrons. The maximum absolute atomic E-state index is 13.3. The molecule has 1 aromatic rings. The average molecular weight is 297 g/mol. The van der Waals surface area contributed by atoms with Crippen LogP contribution in [0.4, 0.5) is 13.2 Å². The second-order valence-electron chi connectivity index (χ2n) is 3.59. The average Bonchev–Trinajstić information content (AvgIpc) is 2.32. The molecular weight excluding hydrogens is 287 g/mol. The highest BCUT2D eigenvalue weighted by Crippen LogP contribution is 2.19. The fraction of sp³-hybridized carbons (Fsp3) is 0.300. The third kappa shape index (κ3) is 3.24. The lowest BCUT2D eigenvalue weighted by Crippen LogP contribution is -2.40. The summed E-state index contributed by atoms with van der Waals surface area (Å²) >= 11 is 0. The molecule has 0 amide bonds. The molecule has 0 heterocycles. The van der Waals surface area contributed by atoms with Crippen molar-refractivity contribution >= 4 is 16.0 Å². The summed E-state index contributed by atoms with van der Waals surface area (Å²) in [5.74, 6) is -6.84. The number of sulfonamides is 1. The van der Waals surface area contributed by atoms with E-state index in [2.05, 4.69) is 0 Å². The Labute approximate surface area is 107 Å².